The van der Waals surface area contributed by atoms with Gasteiger partial charge in [-0.2, -0.15) is 0 Å². The molecule has 1 saturated heterocycles. The van der Waals surface area contributed by atoms with Gasteiger partial charge in [0, 0.05) is 39.8 Å². The second-order valence-electron chi connectivity index (χ2n) is 6.94. The van der Waals surface area contributed by atoms with Crippen LogP contribution in [0.4, 0.5) is 0 Å². The quantitative estimate of drug-likeness (QED) is 0.222. The molecule has 1 fully saturated rings. The number of piperidine rings is 1. The van der Waals surface area contributed by atoms with E-state index in [0.29, 0.717) is 19.8 Å². The van der Waals surface area contributed by atoms with Crippen molar-refractivity contribution in [2.45, 2.75) is 45.2 Å². The molecule has 1 aromatic carbocycles. The highest BCUT2D eigenvalue weighted by Crippen LogP contribution is 2.18. The highest BCUT2D eigenvalue weighted by atomic mass is 127. The lowest BCUT2D eigenvalue weighted by molar-refractivity contribution is 0.146. The standard InChI is InChI=1S/C21H36N4O2.HI/c1-4-19-9-5-6-12-25(19)13-11-23-21(22-2)24-17-18-8-7-10-20(16-18)27-15-14-26-3;/h7-8,10,16,19H,4-6,9,11-15,17H2,1-3H3,(H2,22,23,24);1H. The first-order valence-electron chi connectivity index (χ1n) is 10.2. The summed E-state index contributed by atoms with van der Waals surface area (Å²) in [6.45, 7) is 7.37. The molecule has 0 amide bonds. The van der Waals surface area contributed by atoms with Crippen LogP contribution in [-0.4, -0.2) is 63.9 Å². The van der Waals surface area contributed by atoms with E-state index in [2.05, 4.69) is 39.6 Å². The number of hydrogen-bond acceptors (Lipinski definition) is 4. The van der Waals surface area contributed by atoms with Gasteiger partial charge < -0.3 is 20.1 Å². The predicted octanol–water partition coefficient (Wildman–Crippen LogP) is 3.26. The summed E-state index contributed by atoms with van der Waals surface area (Å²) in [5.41, 5.74) is 1.16. The number of halogens is 1. The Hall–Kier alpha value is -1.06. The summed E-state index contributed by atoms with van der Waals surface area (Å²) < 4.78 is 10.7. The van der Waals surface area contributed by atoms with Gasteiger partial charge in [-0.25, -0.2) is 0 Å². The third-order valence-corrected chi connectivity index (χ3v) is 5.05. The van der Waals surface area contributed by atoms with Gasteiger partial charge in [-0.1, -0.05) is 25.5 Å². The lowest BCUT2D eigenvalue weighted by Gasteiger charge is -2.35. The maximum absolute atomic E-state index is 5.67. The van der Waals surface area contributed by atoms with Gasteiger partial charge in [0.25, 0.3) is 0 Å². The van der Waals surface area contributed by atoms with E-state index >= 15 is 0 Å². The fourth-order valence-electron chi connectivity index (χ4n) is 3.53. The Morgan fingerprint density at radius 1 is 1.25 bits per heavy atom. The Labute approximate surface area is 187 Å². The monoisotopic (exact) mass is 504 g/mol. The van der Waals surface area contributed by atoms with Gasteiger partial charge in [-0.15, -0.1) is 24.0 Å². The van der Waals surface area contributed by atoms with Crippen molar-refractivity contribution in [1.29, 1.82) is 0 Å². The van der Waals surface area contributed by atoms with Crippen molar-refractivity contribution in [3.63, 3.8) is 0 Å². The van der Waals surface area contributed by atoms with Crippen molar-refractivity contribution in [3.8, 4) is 5.75 Å². The minimum Gasteiger partial charge on any atom is -0.491 e. The molecule has 2 N–H and O–H groups in total. The summed E-state index contributed by atoms with van der Waals surface area (Å²) in [7, 11) is 3.49. The lowest BCUT2D eigenvalue weighted by atomic mass is 10.0. The molecule has 0 bridgehead atoms. The number of nitrogens with one attached hydrogen (secondary N) is 2. The molecule has 1 unspecified atom stereocenters. The van der Waals surface area contributed by atoms with E-state index in [1.807, 2.05) is 19.2 Å². The third-order valence-electron chi connectivity index (χ3n) is 5.05. The largest absolute Gasteiger partial charge is 0.491 e. The molecule has 0 spiro atoms. The minimum atomic E-state index is 0. The Balaban J connectivity index is 0.00000392. The second-order valence-corrected chi connectivity index (χ2v) is 6.94. The number of hydrogen-bond donors (Lipinski definition) is 2. The van der Waals surface area contributed by atoms with Gasteiger partial charge in [0.05, 0.1) is 6.61 Å². The highest BCUT2D eigenvalue weighted by Gasteiger charge is 2.19. The average Bonchev–Trinajstić information content (AvgIpc) is 2.71. The number of ether oxygens (including phenoxy) is 2. The van der Waals surface area contributed by atoms with Crippen molar-refractivity contribution in [3.05, 3.63) is 29.8 Å². The Morgan fingerprint density at radius 2 is 2.11 bits per heavy atom. The number of likely N-dealkylation sites (tertiary alicyclic amines) is 1. The third kappa shape index (κ3) is 8.96. The first-order chi connectivity index (χ1) is 13.3. The smallest absolute Gasteiger partial charge is 0.191 e. The number of rotatable bonds is 10. The summed E-state index contributed by atoms with van der Waals surface area (Å²) in [4.78, 5) is 6.95. The summed E-state index contributed by atoms with van der Waals surface area (Å²) in [5, 5.41) is 6.82. The zero-order valence-electron chi connectivity index (χ0n) is 17.6. The first-order valence-corrected chi connectivity index (χ1v) is 10.2. The molecule has 1 aliphatic heterocycles. The fraction of sp³-hybridized carbons (Fsp3) is 0.667. The van der Waals surface area contributed by atoms with Crippen LogP contribution in [0.15, 0.2) is 29.3 Å². The maximum atomic E-state index is 5.67. The van der Waals surface area contributed by atoms with Crippen LogP contribution in [0.5, 0.6) is 5.75 Å². The molecule has 0 aromatic heterocycles. The van der Waals surface area contributed by atoms with E-state index in [-0.39, 0.29) is 24.0 Å². The molecule has 1 aliphatic rings. The molecule has 1 aromatic rings. The molecule has 0 aliphatic carbocycles. The van der Waals surface area contributed by atoms with E-state index in [4.69, 9.17) is 9.47 Å². The SMILES string of the molecule is CCC1CCCCN1CCNC(=NC)NCc1cccc(OCCOC)c1.I. The second kappa shape index (κ2) is 14.9. The maximum Gasteiger partial charge on any atom is 0.191 e. The number of nitrogens with zero attached hydrogens (tertiary/aromatic N) is 2. The Morgan fingerprint density at radius 3 is 2.86 bits per heavy atom. The van der Waals surface area contributed by atoms with E-state index in [9.17, 15) is 0 Å². The normalized spacial score (nSPS) is 17.7. The highest BCUT2D eigenvalue weighted by molar-refractivity contribution is 14.0. The van der Waals surface area contributed by atoms with Crippen molar-refractivity contribution < 1.29 is 9.47 Å². The van der Waals surface area contributed by atoms with Crippen LogP contribution < -0.4 is 15.4 Å². The van der Waals surface area contributed by atoms with Gasteiger partial charge in [-0.3, -0.25) is 9.89 Å². The Kier molecular flexibility index (Phi) is 13.3. The van der Waals surface area contributed by atoms with Crippen molar-refractivity contribution >= 4 is 29.9 Å². The van der Waals surface area contributed by atoms with Crippen LogP contribution in [0.2, 0.25) is 0 Å². The van der Waals surface area contributed by atoms with E-state index in [1.54, 1.807) is 7.11 Å². The minimum absolute atomic E-state index is 0. The van der Waals surface area contributed by atoms with E-state index in [1.165, 1.54) is 32.2 Å². The number of aliphatic imine (C=N–C) groups is 1. The molecular weight excluding hydrogens is 467 g/mol. The van der Waals surface area contributed by atoms with Crippen molar-refractivity contribution in [2.24, 2.45) is 4.99 Å². The van der Waals surface area contributed by atoms with Gasteiger partial charge in [-0.05, 0) is 43.5 Å². The van der Waals surface area contributed by atoms with Crippen LogP contribution in [0.3, 0.4) is 0 Å². The van der Waals surface area contributed by atoms with Crippen LogP contribution in [-0.2, 0) is 11.3 Å². The Bertz CT molecular complexity index is 571. The number of guanidine groups is 1. The van der Waals surface area contributed by atoms with Gasteiger partial charge in [0.1, 0.15) is 12.4 Å². The van der Waals surface area contributed by atoms with E-state index < -0.39 is 0 Å². The lowest BCUT2D eigenvalue weighted by Crippen LogP contribution is -2.45. The molecule has 0 saturated carbocycles. The number of benzene rings is 1. The van der Waals surface area contributed by atoms with Gasteiger partial charge in [0.15, 0.2) is 5.96 Å². The van der Waals surface area contributed by atoms with Gasteiger partial charge in [0.2, 0.25) is 0 Å². The topological polar surface area (TPSA) is 58.1 Å². The number of methoxy groups -OCH3 is 1. The predicted molar refractivity (Wildman–Crippen MR) is 127 cm³/mol. The van der Waals surface area contributed by atoms with Crippen LogP contribution in [0.25, 0.3) is 0 Å². The first kappa shape index (κ1) is 25.0. The summed E-state index contributed by atoms with van der Waals surface area (Å²) in [5.74, 6) is 1.70. The molecular formula is C21H37IN4O2. The fourth-order valence-corrected chi connectivity index (χ4v) is 3.53. The molecule has 0 radical (unpaired) electrons. The molecule has 7 heteroatoms. The van der Waals surface area contributed by atoms with Gasteiger partial charge >= 0.3 is 0 Å². The average molecular weight is 504 g/mol. The van der Waals surface area contributed by atoms with Crippen LogP contribution in [0, 0.1) is 0 Å². The molecule has 28 heavy (non-hydrogen) atoms. The molecule has 2 rings (SSSR count). The van der Waals surface area contributed by atoms with Crippen molar-refractivity contribution in [1.82, 2.24) is 15.5 Å². The molecule has 1 heterocycles. The summed E-state index contributed by atoms with van der Waals surface area (Å²) in [6.07, 6.45) is 5.29. The van der Waals surface area contributed by atoms with Crippen molar-refractivity contribution in [2.75, 3.05) is 47.0 Å². The molecule has 160 valence electrons. The van der Waals surface area contributed by atoms with Crippen LogP contribution >= 0.6 is 24.0 Å². The van der Waals surface area contributed by atoms with Crippen LogP contribution in [0.1, 0.15) is 38.2 Å². The summed E-state index contributed by atoms with van der Waals surface area (Å²) >= 11 is 0. The van der Waals surface area contributed by atoms with E-state index in [0.717, 1.165) is 36.4 Å². The zero-order chi connectivity index (χ0) is 19.3. The summed E-state index contributed by atoms with van der Waals surface area (Å²) in [6, 6.07) is 8.86. The molecule has 1 atom stereocenters. The molecule has 6 nitrogen and oxygen atoms in total. The zero-order valence-corrected chi connectivity index (χ0v) is 19.9.